The van der Waals surface area contributed by atoms with E-state index in [9.17, 15) is 0 Å². The molecule has 122 valence electrons. The van der Waals surface area contributed by atoms with Crippen LogP contribution >= 0.6 is 0 Å². The standard InChI is InChI=1S/C24H26/c1-14-7-9-20(16(3)11-14)24(21-10-8-15(2)12-17(21)4)22-13-18(5)23(24)19(22)6/h7-13,18H,1-6H3. The van der Waals surface area contributed by atoms with E-state index in [-0.39, 0.29) is 5.41 Å². The van der Waals surface area contributed by atoms with Gasteiger partial charge in [0.1, 0.15) is 0 Å². The highest BCUT2D eigenvalue weighted by atomic mass is 14.6. The lowest BCUT2D eigenvalue weighted by Crippen LogP contribution is -2.40. The topological polar surface area (TPSA) is 0 Å². The second-order valence-corrected chi connectivity index (χ2v) is 7.79. The second kappa shape index (κ2) is 4.96. The molecule has 0 saturated heterocycles. The number of rotatable bonds is 2. The molecule has 0 saturated carbocycles. The van der Waals surface area contributed by atoms with E-state index < -0.39 is 0 Å². The Kier molecular flexibility index (Phi) is 3.19. The summed E-state index contributed by atoms with van der Waals surface area (Å²) in [5.74, 6) is 0.543. The van der Waals surface area contributed by atoms with Crippen LogP contribution in [-0.4, -0.2) is 0 Å². The molecule has 3 aliphatic rings. The molecule has 0 aromatic heterocycles. The number of aryl methyl sites for hydroxylation is 4. The third-order valence-corrected chi connectivity index (χ3v) is 6.06. The van der Waals surface area contributed by atoms with Crippen molar-refractivity contribution in [2.75, 3.05) is 0 Å². The third-order valence-electron chi connectivity index (χ3n) is 6.06. The van der Waals surface area contributed by atoms with E-state index in [2.05, 4.69) is 84.0 Å². The Balaban J connectivity index is 2.06. The van der Waals surface area contributed by atoms with Crippen LogP contribution in [-0.2, 0) is 5.41 Å². The first-order chi connectivity index (χ1) is 11.4. The van der Waals surface area contributed by atoms with Gasteiger partial charge in [-0.05, 0) is 79.5 Å². The summed E-state index contributed by atoms with van der Waals surface area (Å²) in [6.07, 6.45) is 2.49. The summed E-state index contributed by atoms with van der Waals surface area (Å²) >= 11 is 0. The van der Waals surface area contributed by atoms with Crippen LogP contribution in [0.15, 0.2) is 59.2 Å². The molecule has 5 rings (SSSR count). The van der Waals surface area contributed by atoms with Gasteiger partial charge in [0, 0.05) is 0 Å². The molecule has 2 bridgehead atoms. The molecule has 0 fully saturated rings. The van der Waals surface area contributed by atoms with Gasteiger partial charge >= 0.3 is 0 Å². The van der Waals surface area contributed by atoms with Gasteiger partial charge in [-0.3, -0.25) is 0 Å². The van der Waals surface area contributed by atoms with E-state index in [0.717, 1.165) is 0 Å². The van der Waals surface area contributed by atoms with E-state index in [4.69, 9.17) is 0 Å². The zero-order valence-corrected chi connectivity index (χ0v) is 15.6. The molecular weight excluding hydrogens is 288 g/mol. The third kappa shape index (κ3) is 1.75. The lowest BCUT2D eigenvalue weighted by molar-refractivity contribution is 0.619. The summed E-state index contributed by atoms with van der Waals surface area (Å²) in [7, 11) is 0. The van der Waals surface area contributed by atoms with Crippen LogP contribution in [0.1, 0.15) is 47.2 Å². The average molecular weight is 314 g/mol. The monoisotopic (exact) mass is 314 g/mol. The molecule has 0 N–H and O–H groups in total. The zero-order valence-electron chi connectivity index (χ0n) is 15.6. The molecule has 24 heavy (non-hydrogen) atoms. The Morgan fingerprint density at radius 1 is 0.750 bits per heavy atom. The molecule has 0 spiro atoms. The first-order valence-electron chi connectivity index (χ1n) is 8.96. The van der Waals surface area contributed by atoms with Gasteiger partial charge in [-0.1, -0.05) is 60.5 Å². The molecule has 3 aliphatic carbocycles. The smallest absolute Gasteiger partial charge is 0.0677 e. The van der Waals surface area contributed by atoms with Crippen LogP contribution in [0.5, 0.6) is 0 Å². The first kappa shape index (κ1) is 15.4. The lowest BCUT2D eigenvalue weighted by atomic mass is 9.55. The van der Waals surface area contributed by atoms with Crippen LogP contribution in [0.3, 0.4) is 0 Å². The summed E-state index contributed by atoms with van der Waals surface area (Å²) in [6, 6.07) is 13.9. The number of hydrogen-bond acceptors (Lipinski definition) is 0. The fourth-order valence-electron chi connectivity index (χ4n) is 5.25. The Morgan fingerprint density at radius 2 is 1.25 bits per heavy atom. The number of fused-ring (bicyclic) bond motifs is 1. The minimum absolute atomic E-state index is 0.0148. The Bertz CT molecular complexity index is 870. The predicted molar refractivity (Wildman–Crippen MR) is 103 cm³/mol. The van der Waals surface area contributed by atoms with Gasteiger partial charge in [-0.2, -0.15) is 0 Å². The van der Waals surface area contributed by atoms with Crippen LogP contribution in [0, 0.1) is 33.6 Å². The van der Waals surface area contributed by atoms with Gasteiger partial charge in [0.05, 0.1) is 5.41 Å². The summed E-state index contributed by atoms with van der Waals surface area (Å²) in [5, 5.41) is 0. The van der Waals surface area contributed by atoms with Gasteiger partial charge < -0.3 is 0 Å². The Labute approximate surface area is 145 Å². The minimum Gasteiger partial charge on any atom is -0.0725 e. The van der Waals surface area contributed by atoms with Gasteiger partial charge in [0.2, 0.25) is 0 Å². The SMILES string of the molecule is CC1=C2C(C)C=C1C2(c1ccc(C)cc1C)c1ccc(C)cc1C. The average Bonchev–Trinajstić information content (AvgIpc) is 2.98. The predicted octanol–water partition coefficient (Wildman–Crippen LogP) is 6.11. The van der Waals surface area contributed by atoms with Crippen molar-refractivity contribution in [3.8, 4) is 0 Å². The molecule has 0 heterocycles. The second-order valence-electron chi connectivity index (χ2n) is 7.79. The molecule has 1 atom stereocenters. The zero-order chi connectivity index (χ0) is 17.2. The summed E-state index contributed by atoms with van der Waals surface area (Å²) in [4.78, 5) is 0. The normalized spacial score (nSPS) is 20.9. The molecule has 0 radical (unpaired) electrons. The molecule has 0 amide bonds. The lowest BCUT2D eigenvalue weighted by Gasteiger charge is -2.47. The van der Waals surface area contributed by atoms with Crippen LogP contribution in [0.25, 0.3) is 0 Å². The van der Waals surface area contributed by atoms with Crippen molar-refractivity contribution in [3.63, 3.8) is 0 Å². The maximum Gasteiger partial charge on any atom is 0.0677 e. The van der Waals surface area contributed by atoms with E-state index in [1.54, 1.807) is 5.57 Å². The van der Waals surface area contributed by atoms with E-state index in [1.165, 1.54) is 44.5 Å². The Morgan fingerprint density at radius 3 is 1.58 bits per heavy atom. The van der Waals surface area contributed by atoms with Crippen LogP contribution < -0.4 is 0 Å². The fraction of sp³-hybridized carbons (Fsp3) is 0.333. The fourth-order valence-corrected chi connectivity index (χ4v) is 5.25. The summed E-state index contributed by atoms with van der Waals surface area (Å²) in [5.41, 5.74) is 13.1. The van der Waals surface area contributed by atoms with E-state index in [0.29, 0.717) is 5.92 Å². The summed E-state index contributed by atoms with van der Waals surface area (Å²) in [6.45, 7) is 13.6. The van der Waals surface area contributed by atoms with Gasteiger partial charge in [0.25, 0.3) is 0 Å². The van der Waals surface area contributed by atoms with Crippen molar-refractivity contribution in [1.29, 1.82) is 0 Å². The summed E-state index contributed by atoms with van der Waals surface area (Å²) < 4.78 is 0. The molecule has 2 aromatic carbocycles. The molecule has 0 nitrogen and oxygen atoms in total. The maximum atomic E-state index is 2.49. The molecular formula is C24H26. The molecule has 0 aliphatic heterocycles. The van der Waals surface area contributed by atoms with Crippen molar-refractivity contribution in [2.24, 2.45) is 5.92 Å². The van der Waals surface area contributed by atoms with E-state index >= 15 is 0 Å². The van der Waals surface area contributed by atoms with Gasteiger partial charge in [-0.15, -0.1) is 0 Å². The molecule has 1 unspecified atom stereocenters. The minimum atomic E-state index is -0.0148. The van der Waals surface area contributed by atoms with Gasteiger partial charge in [0.15, 0.2) is 0 Å². The van der Waals surface area contributed by atoms with Crippen molar-refractivity contribution < 1.29 is 0 Å². The van der Waals surface area contributed by atoms with E-state index in [1.807, 2.05) is 0 Å². The number of hydrogen-bond donors (Lipinski definition) is 0. The molecule has 2 aromatic rings. The van der Waals surface area contributed by atoms with Gasteiger partial charge in [-0.25, -0.2) is 0 Å². The van der Waals surface area contributed by atoms with Crippen molar-refractivity contribution >= 4 is 0 Å². The van der Waals surface area contributed by atoms with Crippen molar-refractivity contribution in [1.82, 2.24) is 0 Å². The number of benzene rings is 2. The highest BCUT2D eigenvalue weighted by molar-refractivity contribution is 5.78. The quantitative estimate of drug-likeness (QED) is 0.627. The number of allylic oxidation sites excluding steroid dienone is 4. The highest BCUT2D eigenvalue weighted by Crippen LogP contribution is 2.65. The first-order valence-corrected chi connectivity index (χ1v) is 8.96. The van der Waals surface area contributed by atoms with Crippen molar-refractivity contribution in [3.05, 3.63) is 92.6 Å². The largest absolute Gasteiger partial charge is 0.0725 e. The molecule has 0 heteroatoms. The maximum absolute atomic E-state index is 2.49. The highest BCUT2D eigenvalue weighted by Gasteiger charge is 2.56. The van der Waals surface area contributed by atoms with Crippen LogP contribution in [0.2, 0.25) is 0 Å². The van der Waals surface area contributed by atoms with Crippen molar-refractivity contribution in [2.45, 2.75) is 47.0 Å². The Hall–Kier alpha value is -2.08. The van der Waals surface area contributed by atoms with Crippen LogP contribution in [0.4, 0.5) is 0 Å².